The lowest BCUT2D eigenvalue weighted by molar-refractivity contribution is 1.21. The van der Waals surface area contributed by atoms with E-state index in [0.29, 0.717) is 0 Å². The molecule has 0 bridgehead atoms. The molecule has 0 N–H and O–H groups in total. The molecule has 0 radical (unpaired) electrons. The fourth-order valence-corrected chi connectivity index (χ4v) is 0.875. The van der Waals surface area contributed by atoms with Gasteiger partial charge in [-0.05, 0) is 18.1 Å². The third-order valence-corrected chi connectivity index (χ3v) is 1.55. The predicted octanol–water partition coefficient (Wildman–Crippen LogP) is 3.03. The van der Waals surface area contributed by atoms with Crippen molar-refractivity contribution in [2.24, 2.45) is 4.99 Å². The van der Waals surface area contributed by atoms with Gasteiger partial charge in [0.15, 0.2) is 0 Å². The maximum absolute atomic E-state index is 4.25. The van der Waals surface area contributed by atoms with Gasteiger partial charge >= 0.3 is 0 Å². The van der Waals surface area contributed by atoms with Crippen LogP contribution in [-0.4, -0.2) is 5.71 Å². The van der Waals surface area contributed by atoms with Gasteiger partial charge in [-0.25, -0.2) is 0 Å². The molecule has 1 rings (SSSR count). The third kappa shape index (κ3) is 2.35. The third-order valence-electron chi connectivity index (χ3n) is 1.55. The van der Waals surface area contributed by atoms with E-state index >= 15 is 0 Å². The first-order valence-corrected chi connectivity index (χ1v) is 4.11. The molecule has 0 heterocycles. The molecule has 0 aromatic heterocycles. The van der Waals surface area contributed by atoms with Gasteiger partial charge in [0.25, 0.3) is 0 Å². The Balaban J connectivity index is 2.69. The Morgan fingerprint density at radius 1 is 1.42 bits per heavy atom. The highest BCUT2D eigenvalue weighted by Crippen LogP contribution is 2.05. The van der Waals surface area contributed by atoms with Crippen LogP contribution < -0.4 is 0 Å². The van der Waals surface area contributed by atoms with E-state index in [4.69, 9.17) is 0 Å². The van der Waals surface area contributed by atoms with E-state index in [1.54, 1.807) is 0 Å². The minimum Gasteiger partial charge on any atom is -0.257 e. The van der Waals surface area contributed by atoms with Crippen molar-refractivity contribution in [3.05, 3.63) is 48.7 Å². The smallest absolute Gasteiger partial charge is 0.0695 e. The fourth-order valence-electron chi connectivity index (χ4n) is 0.875. The predicted molar refractivity (Wildman–Crippen MR) is 54.3 cm³/mol. The Morgan fingerprint density at radius 3 is 2.83 bits per heavy atom. The van der Waals surface area contributed by atoms with Crippen molar-refractivity contribution in [1.29, 1.82) is 0 Å². The summed E-state index contributed by atoms with van der Waals surface area (Å²) in [4.78, 5) is 4.25. The van der Waals surface area contributed by atoms with Crippen LogP contribution >= 0.6 is 0 Å². The molecule has 1 heteroatoms. The Morgan fingerprint density at radius 2 is 2.17 bits per heavy atom. The van der Waals surface area contributed by atoms with E-state index in [-0.39, 0.29) is 0 Å². The summed E-state index contributed by atoms with van der Waals surface area (Å²) in [7, 11) is 0. The van der Waals surface area contributed by atoms with Crippen LogP contribution in [0.4, 0.5) is 0 Å². The quantitative estimate of drug-likeness (QED) is 0.587. The van der Waals surface area contributed by atoms with Gasteiger partial charge in [-0.3, -0.25) is 4.99 Å². The molecule has 12 heavy (non-hydrogen) atoms. The van der Waals surface area contributed by atoms with Crippen molar-refractivity contribution in [3.63, 3.8) is 0 Å². The second kappa shape index (κ2) is 4.50. The van der Waals surface area contributed by atoms with Crippen LogP contribution in [0.2, 0.25) is 0 Å². The first-order chi connectivity index (χ1) is 5.84. The van der Waals surface area contributed by atoms with Crippen molar-refractivity contribution in [3.8, 4) is 0 Å². The first kappa shape index (κ1) is 8.72. The monoisotopic (exact) mass is 159 g/mol. The molecule has 0 aromatic carbocycles. The summed E-state index contributed by atoms with van der Waals surface area (Å²) in [6, 6.07) is 0. The lowest BCUT2D eigenvalue weighted by Crippen LogP contribution is -1.96. The molecule has 0 aliphatic heterocycles. The number of rotatable bonds is 2. The lowest BCUT2D eigenvalue weighted by Gasteiger charge is -2.01. The standard InChI is InChI=1S/C11H13N/c1-3-4-9-12-11-8-6-5-7-10(11)2/h4-9H,2-3H2,1H3/b9-4-,12-11?. The van der Waals surface area contributed by atoms with Crippen LogP contribution in [0, 0.1) is 0 Å². The van der Waals surface area contributed by atoms with Crippen LogP contribution in [0.15, 0.2) is 53.7 Å². The van der Waals surface area contributed by atoms with Crippen LogP contribution in [0.3, 0.4) is 0 Å². The second-order valence-corrected chi connectivity index (χ2v) is 2.55. The van der Waals surface area contributed by atoms with Crippen molar-refractivity contribution in [2.75, 3.05) is 0 Å². The summed E-state index contributed by atoms with van der Waals surface area (Å²) in [5, 5.41) is 0. The summed E-state index contributed by atoms with van der Waals surface area (Å²) >= 11 is 0. The SMILES string of the molecule is C=C1C=CC=CC1=N/C=C\CC. The molecule has 0 amide bonds. The van der Waals surface area contributed by atoms with Gasteiger partial charge in [0.2, 0.25) is 0 Å². The Hall–Kier alpha value is -1.37. The molecule has 0 unspecified atom stereocenters. The summed E-state index contributed by atoms with van der Waals surface area (Å²) in [6.07, 6.45) is 12.7. The summed E-state index contributed by atoms with van der Waals surface area (Å²) in [5.74, 6) is 0. The van der Waals surface area contributed by atoms with Crippen LogP contribution in [0.25, 0.3) is 0 Å². The molecule has 0 atom stereocenters. The lowest BCUT2D eigenvalue weighted by atomic mass is 10.1. The zero-order chi connectivity index (χ0) is 8.81. The van der Waals surface area contributed by atoms with E-state index in [1.807, 2.05) is 36.6 Å². The molecule has 0 saturated heterocycles. The highest BCUT2D eigenvalue weighted by molar-refractivity contribution is 6.11. The van der Waals surface area contributed by atoms with E-state index < -0.39 is 0 Å². The molecule has 0 saturated carbocycles. The van der Waals surface area contributed by atoms with E-state index in [2.05, 4.69) is 18.5 Å². The number of aliphatic imine (C=N–C) groups is 1. The minimum atomic E-state index is 0.946. The van der Waals surface area contributed by atoms with Gasteiger partial charge in [-0.1, -0.05) is 37.8 Å². The normalized spacial score (nSPS) is 19.8. The van der Waals surface area contributed by atoms with E-state index in [0.717, 1.165) is 17.7 Å². The first-order valence-electron chi connectivity index (χ1n) is 4.11. The van der Waals surface area contributed by atoms with Crippen molar-refractivity contribution in [1.82, 2.24) is 0 Å². The highest BCUT2D eigenvalue weighted by atomic mass is 14.7. The zero-order valence-corrected chi connectivity index (χ0v) is 7.33. The molecule has 0 fully saturated rings. The molecule has 62 valence electrons. The minimum absolute atomic E-state index is 0.946. The average molecular weight is 159 g/mol. The molecule has 1 aliphatic rings. The maximum atomic E-state index is 4.25. The summed E-state index contributed by atoms with van der Waals surface area (Å²) in [6.45, 7) is 5.96. The van der Waals surface area contributed by atoms with Gasteiger partial charge in [0, 0.05) is 6.20 Å². The van der Waals surface area contributed by atoms with Crippen LogP contribution in [-0.2, 0) is 0 Å². The van der Waals surface area contributed by atoms with Gasteiger partial charge < -0.3 is 0 Å². The Bertz CT molecular complexity index is 277. The molecule has 1 nitrogen and oxygen atoms in total. The van der Waals surface area contributed by atoms with Gasteiger partial charge in [0.05, 0.1) is 5.71 Å². The van der Waals surface area contributed by atoms with Gasteiger partial charge in [-0.15, -0.1) is 0 Å². The van der Waals surface area contributed by atoms with E-state index in [1.165, 1.54) is 0 Å². The molecule has 0 spiro atoms. The van der Waals surface area contributed by atoms with Crippen LogP contribution in [0.1, 0.15) is 13.3 Å². The second-order valence-electron chi connectivity index (χ2n) is 2.55. The molecule has 0 aromatic rings. The van der Waals surface area contributed by atoms with Gasteiger partial charge in [0.1, 0.15) is 0 Å². The van der Waals surface area contributed by atoms with Crippen molar-refractivity contribution >= 4 is 5.71 Å². The van der Waals surface area contributed by atoms with Crippen molar-refractivity contribution in [2.45, 2.75) is 13.3 Å². The largest absolute Gasteiger partial charge is 0.257 e. The molecular weight excluding hydrogens is 146 g/mol. The summed E-state index contributed by atoms with van der Waals surface area (Å²) in [5.41, 5.74) is 1.92. The Labute approximate surface area is 73.5 Å². The highest BCUT2D eigenvalue weighted by Gasteiger charge is 1.97. The zero-order valence-electron chi connectivity index (χ0n) is 7.33. The fraction of sp³-hybridized carbons (Fsp3) is 0.182. The number of hydrogen-bond acceptors (Lipinski definition) is 1. The van der Waals surface area contributed by atoms with E-state index in [9.17, 15) is 0 Å². The molecule has 1 aliphatic carbocycles. The summed E-state index contributed by atoms with van der Waals surface area (Å²) < 4.78 is 0. The number of hydrogen-bond donors (Lipinski definition) is 0. The topological polar surface area (TPSA) is 12.4 Å². The number of allylic oxidation sites excluding steroid dienone is 6. The average Bonchev–Trinajstić information content (AvgIpc) is 2.09. The molecular formula is C11H13N. The maximum Gasteiger partial charge on any atom is 0.0695 e. The number of nitrogens with zero attached hydrogens (tertiary/aromatic N) is 1. The Kier molecular flexibility index (Phi) is 3.27. The van der Waals surface area contributed by atoms with Crippen molar-refractivity contribution < 1.29 is 0 Å². The van der Waals surface area contributed by atoms with Gasteiger partial charge in [-0.2, -0.15) is 0 Å². The van der Waals surface area contributed by atoms with Crippen LogP contribution in [0.5, 0.6) is 0 Å².